The predicted octanol–water partition coefficient (Wildman–Crippen LogP) is 2.54. The first-order valence-electron chi connectivity index (χ1n) is 9.02. The molecule has 10 heteroatoms. The molecule has 1 aliphatic rings. The third kappa shape index (κ3) is 3.07. The molecule has 0 spiro atoms. The van der Waals surface area contributed by atoms with Gasteiger partial charge in [0.1, 0.15) is 5.69 Å². The van der Waals surface area contributed by atoms with E-state index in [1.165, 1.54) is 21.9 Å². The second kappa shape index (κ2) is 6.57. The smallest absolute Gasteiger partial charge is 0.235 e. The zero-order valence-corrected chi connectivity index (χ0v) is 16.8. The fourth-order valence-corrected chi connectivity index (χ4v) is 5.31. The molecule has 0 bridgehead atoms. The van der Waals surface area contributed by atoms with Crippen molar-refractivity contribution in [2.45, 2.75) is 18.8 Å². The van der Waals surface area contributed by atoms with Crippen molar-refractivity contribution in [3.05, 3.63) is 42.2 Å². The van der Waals surface area contributed by atoms with Crippen LogP contribution >= 0.6 is 11.3 Å². The summed E-state index contributed by atoms with van der Waals surface area (Å²) in [5.41, 5.74) is 1.74. The van der Waals surface area contributed by atoms with Crippen LogP contribution in [0.25, 0.3) is 26.6 Å². The highest BCUT2D eigenvalue weighted by molar-refractivity contribution is 7.88. The van der Waals surface area contributed by atoms with E-state index in [0.717, 1.165) is 45.2 Å². The van der Waals surface area contributed by atoms with Gasteiger partial charge in [-0.1, -0.05) is 35.6 Å². The summed E-state index contributed by atoms with van der Waals surface area (Å²) in [6, 6.07) is 12.0. The molecule has 1 aliphatic heterocycles. The van der Waals surface area contributed by atoms with E-state index in [0.29, 0.717) is 13.1 Å². The first-order valence-corrected chi connectivity index (χ1v) is 11.7. The van der Waals surface area contributed by atoms with Gasteiger partial charge >= 0.3 is 0 Å². The van der Waals surface area contributed by atoms with E-state index in [-0.39, 0.29) is 5.92 Å². The molecule has 0 N–H and O–H groups in total. The van der Waals surface area contributed by atoms with E-state index in [1.807, 2.05) is 36.4 Å². The summed E-state index contributed by atoms with van der Waals surface area (Å²) in [5.74, 6) is 0.943. The van der Waals surface area contributed by atoms with Gasteiger partial charge in [0.25, 0.3) is 0 Å². The third-order valence-corrected chi connectivity index (χ3v) is 7.35. The summed E-state index contributed by atoms with van der Waals surface area (Å²) in [5, 5.41) is 15.2. The Morgan fingerprint density at radius 3 is 2.64 bits per heavy atom. The van der Waals surface area contributed by atoms with Crippen LogP contribution in [0.3, 0.4) is 0 Å². The number of benzene rings is 1. The van der Waals surface area contributed by atoms with Gasteiger partial charge < -0.3 is 0 Å². The molecule has 3 aromatic heterocycles. The minimum absolute atomic E-state index is 0.146. The Bertz CT molecular complexity index is 1270. The Morgan fingerprint density at radius 1 is 1.07 bits per heavy atom. The van der Waals surface area contributed by atoms with Crippen LogP contribution < -0.4 is 0 Å². The monoisotopic (exact) mass is 414 g/mol. The molecule has 144 valence electrons. The van der Waals surface area contributed by atoms with E-state index in [2.05, 4.69) is 10.2 Å². The number of sulfonamides is 1. The van der Waals surface area contributed by atoms with Crippen molar-refractivity contribution in [1.29, 1.82) is 0 Å². The number of rotatable bonds is 3. The fraction of sp³-hybridized carbons (Fsp3) is 0.333. The summed E-state index contributed by atoms with van der Waals surface area (Å²) in [6.45, 7) is 1.00. The molecular formula is C18H18N6O2S2. The lowest BCUT2D eigenvalue weighted by Gasteiger charge is -2.28. The average molecular weight is 415 g/mol. The Kier molecular flexibility index (Phi) is 4.14. The van der Waals surface area contributed by atoms with Crippen molar-refractivity contribution >= 4 is 37.2 Å². The molecule has 1 aromatic carbocycles. The lowest BCUT2D eigenvalue weighted by atomic mass is 9.97. The Labute approximate surface area is 165 Å². The summed E-state index contributed by atoms with van der Waals surface area (Å²) < 4.78 is 26.8. The maximum Gasteiger partial charge on any atom is 0.235 e. The largest absolute Gasteiger partial charge is 0.245 e. The molecule has 0 radical (unpaired) electrons. The number of pyridine rings is 1. The van der Waals surface area contributed by atoms with Crippen LogP contribution in [-0.2, 0) is 10.0 Å². The molecule has 8 nitrogen and oxygen atoms in total. The highest BCUT2D eigenvalue weighted by atomic mass is 32.2. The molecule has 4 heterocycles. The van der Waals surface area contributed by atoms with E-state index in [1.54, 1.807) is 4.52 Å². The van der Waals surface area contributed by atoms with Gasteiger partial charge in [-0.05, 0) is 25.0 Å². The van der Waals surface area contributed by atoms with Gasteiger partial charge in [-0.2, -0.15) is 9.61 Å². The lowest BCUT2D eigenvalue weighted by Crippen LogP contribution is -2.37. The molecule has 1 saturated heterocycles. The van der Waals surface area contributed by atoms with Gasteiger partial charge in [-0.25, -0.2) is 17.7 Å². The van der Waals surface area contributed by atoms with Crippen molar-refractivity contribution in [3.8, 4) is 10.7 Å². The number of piperidine rings is 1. The lowest BCUT2D eigenvalue weighted by molar-refractivity contribution is 0.313. The first-order chi connectivity index (χ1) is 13.5. The number of aromatic nitrogens is 5. The van der Waals surface area contributed by atoms with E-state index >= 15 is 0 Å². The summed E-state index contributed by atoms with van der Waals surface area (Å²) in [4.78, 5) is 5.44. The normalized spacial score (nSPS) is 16.9. The molecule has 4 aromatic rings. The number of hydrogen-bond donors (Lipinski definition) is 0. The first kappa shape index (κ1) is 17.7. The highest BCUT2D eigenvalue weighted by Gasteiger charge is 2.29. The van der Waals surface area contributed by atoms with Gasteiger partial charge in [-0.15, -0.1) is 10.2 Å². The minimum Gasteiger partial charge on any atom is -0.245 e. The molecule has 0 amide bonds. The van der Waals surface area contributed by atoms with Gasteiger partial charge in [0.2, 0.25) is 15.0 Å². The number of fused-ring (bicyclic) bond motifs is 2. The summed E-state index contributed by atoms with van der Waals surface area (Å²) >= 11 is 1.46. The van der Waals surface area contributed by atoms with Crippen molar-refractivity contribution in [3.63, 3.8) is 0 Å². The molecule has 0 atom stereocenters. The van der Waals surface area contributed by atoms with Crippen LogP contribution in [0, 0.1) is 0 Å². The number of nitrogens with zero attached hydrogens (tertiary/aromatic N) is 6. The van der Waals surface area contributed by atoms with Gasteiger partial charge in [0.05, 0.1) is 11.8 Å². The molecule has 5 rings (SSSR count). The van der Waals surface area contributed by atoms with Crippen molar-refractivity contribution in [2.24, 2.45) is 0 Å². The van der Waals surface area contributed by atoms with Crippen LogP contribution in [-0.4, -0.2) is 56.9 Å². The van der Waals surface area contributed by atoms with Crippen LogP contribution in [0.5, 0.6) is 0 Å². The van der Waals surface area contributed by atoms with Gasteiger partial charge in [-0.3, -0.25) is 0 Å². The topological polar surface area (TPSA) is 93.4 Å². The quantitative estimate of drug-likeness (QED) is 0.511. The molecule has 0 unspecified atom stereocenters. The molecule has 1 fully saturated rings. The van der Waals surface area contributed by atoms with Crippen LogP contribution in [0.2, 0.25) is 0 Å². The standard InChI is InChI=1S/C18H18N6O2S2/c1-28(25,26)23-10-8-13(9-11-23)16-20-21-18-24(16)22-17(27-18)15-7-6-12-4-2-3-5-14(12)19-15/h2-7,13H,8-11H2,1H3. The molecular weight excluding hydrogens is 396 g/mol. The van der Waals surface area contributed by atoms with Gasteiger partial charge in [0.15, 0.2) is 10.8 Å². The summed E-state index contributed by atoms with van der Waals surface area (Å²) in [6.07, 6.45) is 2.69. The maximum absolute atomic E-state index is 11.7. The number of hydrogen-bond acceptors (Lipinski definition) is 7. The van der Waals surface area contributed by atoms with Gasteiger partial charge in [0, 0.05) is 24.4 Å². The highest BCUT2D eigenvalue weighted by Crippen LogP contribution is 2.31. The SMILES string of the molecule is CS(=O)(=O)N1CCC(c2nnc3sc(-c4ccc5ccccc5n4)nn23)CC1. The zero-order chi connectivity index (χ0) is 19.3. The minimum atomic E-state index is -3.14. The van der Waals surface area contributed by atoms with Crippen molar-refractivity contribution in [2.75, 3.05) is 19.3 Å². The van der Waals surface area contributed by atoms with Crippen LogP contribution in [0.4, 0.5) is 0 Å². The maximum atomic E-state index is 11.7. The average Bonchev–Trinajstić information content (AvgIpc) is 3.28. The van der Waals surface area contributed by atoms with Crippen molar-refractivity contribution < 1.29 is 8.42 Å². The predicted molar refractivity (Wildman–Crippen MR) is 108 cm³/mol. The zero-order valence-electron chi connectivity index (χ0n) is 15.2. The van der Waals surface area contributed by atoms with E-state index in [4.69, 9.17) is 10.1 Å². The summed E-state index contributed by atoms with van der Waals surface area (Å²) in [7, 11) is -3.14. The Hall–Kier alpha value is -2.43. The fourth-order valence-electron chi connectivity index (χ4n) is 3.62. The second-order valence-corrected chi connectivity index (χ2v) is 9.92. The Morgan fingerprint density at radius 2 is 1.86 bits per heavy atom. The number of para-hydroxylation sites is 1. The van der Waals surface area contributed by atoms with Crippen LogP contribution in [0.15, 0.2) is 36.4 Å². The second-order valence-electron chi connectivity index (χ2n) is 6.99. The van der Waals surface area contributed by atoms with E-state index < -0.39 is 10.0 Å². The molecule has 28 heavy (non-hydrogen) atoms. The Balaban J connectivity index is 1.46. The van der Waals surface area contributed by atoms with E-state index in [9.17, 15) is 8.42 Å². The third-order valence-electron chi connectivity index (χ3n) is 5.12. The molecule has 0 saturated carbocycles. The van der Waals surface area contributed by atoms with Crippen LogP contribution in [0.1, 0.15) is 24.6 Å². The van der Waals surface area contributed by atoms with Crippen molar-refractivity contribution in [1.82, 2.24) is 29.1 Å². The molecule has 0 aliphatic carbocycles.